The van der Waals surface area contributed by atoms with Crippen molar-refractivity contribution in [2.75, 3.05) is 7.11 Å². The summed E-state index contributed by atoms with van der Waals surface area (Å²) in [5.41, 5.74) is 8.42. The summed E-state index contributed by atoms with van der Waals surface area (Å²) in [6.07, 6.45) is 0. The molecule has 2 N–H and O–H groups in total. The highest BCUT2D eigenvalue weighted by atomic mass is 16.5. The molecule has 0 bridgehead atoms. The summed E-state index contributed by atoms with van der Waals surface area (Å²) >= 11 is 0. The minimum atomic E-state index is 0.0986. The fourth-order valence-electron chi connectivity index (χ4n) is 3.91. The third kappa shape index (κ3) is 2.04. The molecule has 1 aliphatic rings. The first-order chi connectivity index (χ1) is 9.79. The Labute approximate surface area is 127 Å². The normalized spacial score (nSPS) is 21.2. The quantitative estimate of drug-likeness (QED) is 0.898. The van der Waals surface area contributed by atoms with Crippen LogP contribution in [0, 0.1) is 16.7 Å². The first-order valence-corrected chi connectivity index (χ1v) is 7.62. The second-order valence-electron chi connectivity index (χ2n) is 7.42. The summed E-state index contributed by atoms with van der Waals surface area (Å²) < 4.78 is 5.28. The topological polar surface area (TPSA) is 35.2 Å². The molecule has 2 aromatic rings. The van der Waals surface area contributed by atoms with Crippen LogP contribution in [0.1, 0.15) is 39.3 Å². The van der Waals surface area contributed by atoms with Crippen LogP contribution in [-0.4, -0.2) is 7.11 Å². The summed E-state index contributed by atoms with van der Waals surface area (Å²) in [5.74, 6) is 1.42. The summed E-state index contributed by atoms with van der Waals surface area (Å²) in [6, 6.07) is 12.8. The van der Waals surface area contributed by atoms with Crippen molar-refractivity contribution in [1.29, 1.82) is 0 Å². The van der Waals surface area contributed by atoms with Crippen LogP contribution < -0.4 is 10.5 Å². The Morgan fingerprint density at radius 3 is 2.10 bits per heavy atom. The molecular formula is C19H25NO. The molecule has 0 radical (unpaired) electrons. The monoisotopic (exact) mass is 283 g/mol. The molecule has 0 aromatic heterocycles. The lowest BCUT2D eigenvalue weighted by molar-refractivity contribution is 0.415. The maximum absolute atomic E-state index is 6.57. The number of hydrogen-bond acceptors (Lipinski definition) is 2. The molecule has 21 heavy (non-hydrogen) atoms. The molecule has 2 aromatic carbocycles. The van der Waals surface area contributed by atoms with Crippen LogP contribution in [0.3, 0.4) is 0 Å². The molecule has 1 aliphatic carbocycles. The fraction of sp³-hybridized carbons (Fsp3) is 0.474. The molecule has 0 heterocycles. The van der Waals surface area contributed by atoms with Gasteiger partial charge in [0.2, 0.25) is 0 Å². The molecule has 2 heteroatoms. The van der Waals surface area contributed by atoms with Gasteiger partial charge in [-0.05, 0) is 51.3 Å². The van der Waals surface area contributed by atoms with Crippen molar-refractivity contribution >= 4 is 10.8 Å². The Balaban J connectivity index is 1.95. The maximum Gasteiger partial charge on any atom is 0.119 e. The van der Waals surface area contributed by atoms with E-state index < -0.39 is 0 Å². The zero-order valence-electron chi connectivity index (χ0n) is 13.6. The van der Waals surface area contributed by atoms with Crippen molar-refractivity contribution in [1.82, 2.24) is 0 Å². The molecule has 0 saturated heterocycles. The minimum Gasteiger partial charge on any atom is -0.497 e. The van der Waals surface area contributed by atoms with E-state index in [1.165, 1.54) is 16.3 Å². The van der Waals surface area contributed by atoms with E-state index in [0.717, 1.165) is 5.75 Å². The van der Waals surface area contributed by atoms with Crippen LogP contribution >= 0.6 is 0 Å². The van der Waals surface area contributed by atoms with Gasteiger partial charge < -0.3 is 10.5 Å². The van der Waals surface area contributed by atoms with Crippen molar-refractivity contribution in [3.8, 4) is 5.75 Å². The Bertz CT molecular complexity index is 673. The van der Waals surface area contributed by atoms with Crippen molar-refractivity contribution in [3.05, 3.63) is 42.0 Å². The van der Waals surface area contributed by atoms with Crippen LogP contribution in [0.15, 0.2) is 36.4 Å². The number of methoxy groups -OCH3 is 1. The van der Waals surface area contributed by atoms with Gasteiger partial charge in [-0.15, -0.1) is 0 Å². The van der Waals surface area contributed by atoms with Crippen LogP contribution in [0.2, 0.25) is 0 Å². The lowest BCUT2D eigenvalue weighted by atomic mass is 9.95. The summed E-state index contributed by atoms with van der Waals surface area (Å²) in [7, 11) is 1.70. The third-order valence-electron chi connectivity index (χ3n) is 5.95. The van der Waals surface area contributed by atoms with Gasteiger partial charge in [-0.3, -0.25) is 0 Å². The number of hydrogen-bond donors (Lipinski definition) is 1. The van der Waals surface area contributed by atoms with E-state index in [2.05, 4.69) is 58.0 Å². The van der Waals surface area contributed by atoms with Crippen LogP contribution in [0.25, 0.3) is 10.8 Å². The Morgan fingerprint density at radius 2 is 1.52 bits per heavy atom. The van der Waals surface area contributed by atoms with Gasteiger partial charge in [-0.25, -0.2) is 0 Å². The smallest absolute Gasteiger partial charge is 0.119 e. The first kappa shape index (κ1) is 14.4. The van der Waals surface area contributed by atoms with Gasteiger partial charge in [0.05, 0.1) is 7.11 Å². The molecule has 1 unspecified atom stereocenters. The maximum atomic E-state index is 6.57. The van der Waals surface area contributed by atoms with E-state index in [1.807, 2.05) is 6.07 Å². The second-order valence-corrected chi connectivity index (χ2v) is 7.42. The van der Waals surface area contributed by atoms with Crippen LogP contribution in [0.5, 0.6) is 5.75 Å². The van der Waals surface area contributed by atoms with E-state index in [9.17, 15) is 0 Å². The van der Waals surface area contributed by atoms with Gasteiger partial charge in [-0.1, -0.05) is 45.9 Å². The number of rotatable bonds is 3. The molecule has 1 saturated carbocycles. The molecule has 112 valence electrons. The van der Waals surface area contributed by atoms with Crippen molar-refractivity contribution in [2.24, 2.45) is 22.5 Å². The lowest BCUT2D eigenvalue weighted by Gasteiger charge is -2.15. The summed E-state index contributed by atoms with van der Waals surface area (Å²) in [5, 5.41) is 2.42. The van der Waals surface area contributed by atoms with Gasteiger partial charge >= 0.3 is 0 Å². The standard InChI is InChI=1S/C19H25NO/c1-18(2)17(19(18,3)4)16(20)14-7-6-13-11-15(21-5)9-8-12(13)10-14/h6-11,16-17H,20H2,1-5H3. The zero-order chi connectivity index (χ0) is 15.4. The lowest BCUT2D eigenvalue weighted by Crippen LogP contribution is -2.16. The molecule has 0 spiro atoms. The summed E-state index contributed by atoms with van der Waals surface area (Å²) in [4.78, 5) is 0. The van der Waals surface area contributed by atoms with Gasteiger partial charge in [0.25, 0.3) is 0 Å². The van der Waals surface area contributed by atoms with E-state index in [1.54, 1.807) is 7.11 Å². The highest BCUT2D eigenvalue weighted by Gasteiger charge is 2.66. The minimum absolute atomic E-state index is 0.0986. The average molecular weight is 283 g/mol. The molecule has 0 amide bonds. The van der Waals surface area contributed by atoms with Gasteiger partial charge in [0.15, 0.2) is 0 Å². The molecule has 2 nitrogen and oxygen atoms in total. The zero-order valence-corrected chi connectivity index (χ0v) is 13.6. The number of fused-ring (bicyclic) bond motifs is 1. The van der Waals surface area contributed by atoms with Crippen LogP contribution in [0.4, 0.5) is 0 Å². The molecule has 1 fully saturated rings. The van der Waals surface area contributed by atoms with E-state index in [4.69, 9.17) is 10.5 Å². The highest BCUT2D eigenvalue weighted by Crippen LogP contribution is 2.71. The van der Waals surface area contributed by atoms with E-state index in [-0.39, 0.29) is 6.04 Å². The Hall–Kier alpha value is -1.54. The van der Waals surface area contributed by atoms with Gasteiger partial charge in [-0.2, -0.15) is 0 Å². The highest BCUT2D eigenvalue weighted by molar-refractivity contribution is 5.84. The summed E-state index contributed by atoms with van der Waals surface area (Å²) in [6.45, 7) is 9.29. The fourth-order valence-corrected chi connectivity index (χ4v) is 3.91. The van der Waals surface area contributed by atoms with E-state index in [0.29, 0.717) is 16.7 Å². The van der Waals surface area contributed by atoms with Gasteiger partial charge in [0, 0.05) is 6.04 Å². The number of nitrogens with two attached hydrogens (primary N) is 1. The molecular weight excluding hydrogens is 258 g/mol. The van der Waals surface area contributed by atoms with E-state index >= 15 is 0 Å². The van der Waals surface area contributed by atoms with Gasteiger partial charge in [0.1, 0.15) is 5.75 Å². The molecule has 1 atom stereocenters. The first-order valence-electron chi connectivity index (χ1n) is 7.62. The predicted molar refractivity (Wildman–Crippen MR) is 88.5 cm³/mol. The predicted octanol–water partition coefficient (Wildman–Crippen LogP) is 4.53. The molecule has 0 aliphatic heterocycles. The SMILES string of the molecule is COc1ccc2cc(C(N)C3C(C)(C)C3(C)C)ccc2c1. The largest absolute Gasteiger partial charge is 0.497 e. The van der Waals surface area contributed by atoms with Crippen LogP contribution in [-0.2, 0) is 0 Å². The van der Waals surface area contributed by atoms with Crippen molar-refractivity contribution < 1.29 is 4.74 Å². The third-order valence-corrected chi connectivity index (χ3v) is 5.95. The van der Waals surface area contributed by atoms with Crippen molar-refractivity contribution in [3.63, 3.8) is 0 Å². The second kappa shape index (κ2) is 4.48. The Morgan fingerprint density at radius 1 is 0.952 bits per heavy atom. The number of ether oxygens (including phenoxy) is 1. The molecule has 3 rings (SSSR count). The van der Waals surface area contributed by atoms with Crippen molar-refractivity contribution in [2.45, 2.75) is 33.7 Å². The Kier molecular flexibility index (Phi) is 3.07. The number of benzene rings is 2. The average Bonchev–Trinajstić information content (AvgIpc) is 2.86.